The molecular formula is C27H45N5O6. The Balaban J connectivity index is 1.83. The van der Waals surface area contributed by atoms with Crippen LogP contribution in [-0.2, 0) is 23.9 Å². The van der Waals surface area contributed by atoms with Crippen molar-refractivity contribution in [3.05, 3.63) is 0 Å². The molecule has 2 aliphatic heterocycles. The van der Waals surface area contributed by atoms with Crippen molar-refractivity contribution in [3.63, 3.8) is 0 Å². The third-order valence-corrected chi connectivity index (χ3v) is 8.12. The summed E-state index contributed by atoms with van der Waals surface area (Å²) in [6, 6.07) is -3.14. The normalized spacial score (nSPS) is 27.5. The molecule has 3 fully saturated rings. The highest BCUT2D eigenvalue weighted by Crippen LogP contribution is 2.65. The molecule has 0 unspecified atom stereocenters. The number of methoxy groups -OCH3 is 1. The van der Waals surface area contributed by atoms with Gasteiger partial charge in [-0.15, -0.1) is 0 Å². The van der Waals surface area contributed by atoms with E-state index in [0.717, 1.165) is 0 Å². The van der Waals surface area contributed by atoms with Crippen molar-refractivity contribution in [1.82, 2.24) is 26.2 Å². The van der Waals surface area contributed by atoms with Gasteiger partial charge >= 0.3 is 12.0 Å². The van der Waals surface area contributed by atoms with Gasteiger partial charge < -0.3 is 30.9 Å². The Labute approximate surface area is 225 Å². The summed E-state index contributed by atoms with van der Waals surface area (Å²) in [5.41, 5.74) is -1.25. The molecule has 0 bridgehead atoms. The number of fused-ring (bicyclic) bond motifs is 1. The van der Waals surface area contributed by atoms with Gasteiger partial charge in [0.15, 0.2) is 0 Å². The van der Waals surface area contributed by atoms with E-state index in [9.17, 15) is 24.0 Å². The smallest absolute Gasteiger partial charge is 0.328 e. The SMILES string of the molecule is COC(=O)[C@H](C[C@@H]1CCNC1=O)NC(=O)[C@@H]1[C@@H]2[C@H](CN1C(=O)[C@@H](NC(=O)NC(C)(C)C)C(C)(C)C)C2(C)C. The van der Waals surface area contributed by atoms with Gasteiger partial charge in [-0.05, 0) is 56.3 Å². The number of hydrogen-bond donors (Lipinski definition) is 4. The Bertz CT molecular complexity index is 981. The summed E-state index contributed by atoms with van der Waals surface area (Å²) >= 11 is 0. The zero-order valence-electron chi connectivity index (χ0n) is 24.2. The van der Waals surface area contributed by atoms with E-state index in [0.29, 0.717) is 19.5 Å². The van der Waals surface area contributed by atoms with Crippen molar-refractivity contribution in [2.75, 3.05) is 20.2 Å². The van der Waals surface area contributed by atoms with Gasteiger partial charge in [-0.25, -0.2) is 9.59 Å². The molecule has 1 aliphatic carbocycles. The Hall–Kier alpha value is -2.85. The molecule has 214 valence electrons. The monoisotopic (exact) mass is 535 g/mol. The van der Waals surface area contributed by atoms with Crippen molar-refractivity contribution in [1.29, 1.82) is 0 Å². The van der Waals surface area contributed by atoms with Crippen LogP contribution in [0.15, 0.2) is 0 Å². The van der Waals surface area contributed by atoms with Crippen LogP contribution in [-0.4, -0.2) is 78.5 Å². The average molecular weight is 536 g/mol. The predicted octanol–water partition coefficient (Wildman–Crippen LogP) is 1.17. The number of urea groups is 1. The lowest BCUT2D eigenvalue weighted by Crippen LogP contribution is -2.62. The maximum absolute atomic E-state index is 13.9. The number of hydrogen-bond acceptors (Lipinski definition) is 6. The van der Waals surface area contributed by atoms with E-state index in [1.54, 1.807) is 4.90 Å². The molecule has 5 amide bonds. The van der Waals surface area contributed by atoms with Gasteiger partial charge in [-0.3, -0.25) is 14.4 Å². The molecule has 11 heteroatoms. The van der Waals surface area contributed by atoms with Crippen molar-refractivity contribution in [2.45, 2.75) is 91.9 Å². The molecule has 0 aromatic carbocycles. The molecule has 0 aromatic heterocycles. The summed E-state index contributed by atoms with van der Waals surface area (Å²) in [6.45, 7) is 16.2. The van der Waals surface area contributed by atoms with E-state index < -0.39 is 52.9 Å². The molecule has 38 heavy (non-hydrogen) atoms. The van der Waals surface area contributed by atoms with E-state index >= 15 is 0 Å². The summed E-state index contributed by atoms with van der Waals surface area (Å²) in [5, 5.41) is 11.2. The standard InChI is InChI=1S/C27H45N5O6/c1-25(2,3)19(30-24(37)31-26(4,5)6)22(35)32-13-15-17(27(15,7)8)18(32)21(34)29-16(23(36)38-9)12-14-10-11-28-20(14)33/h14-19H,10-13H2,1-9H3,(H,28,33)(H,29,34)(H2,30,31,37)/t14-,15-,16-,17-,18-,19+/m0/s1. The quantitative estimate of drug-likeness (QED) is 0.360. The summed E-state index contributed by atoms with van der Waals surface area (Å²) in [4.78, 5) is 66.6. The van der Waals surface area contributed by atoms with Crippen LogP contribution in [0.1, 0.15) is 68.2 Å². The average Bonchev–Trinajstić information content (AvgIpc) is 3.14. The van der Waals surface area contributed by atoms with Crippen LogP contribution in [0.3, 0.4) is 0 Å². The second-order valence-corrected chi connectivity index (χ2v) is 13.6. The Morgan fingerprint density at radius 2 is 1.74 bits per heavy atom. The fourth-order valence-corrected chi connectivity index (χ4v) is 5.90. The van der Waals surface area contributed by atoms with Crippen molar-refractivity contribution in [2.24, 2.45) is 28.6 Å². The van der Waals surface area contributed by atoms with Gasteiger partial charge in [0.1, 0.15) is 18.1 Å². The molecule has 0 spiro atoms. The van der Waals surface area contributed by atoms with Crippen LogP contribution < -0.4 is 21.3 Å². The topological polar surface area (TPSA) is 146 Å². The highest BCUT2D eigenvalue weighted by molar-refractivity contribution is 5.95. The maximum atomic E-state index is 13.9. The Kier molecular flexibility index (Phi) is 8.11. The van der Waals surface area contributed by atoms with Crippen molar-refractivity contribution < 1.29 is 28.7 Å². The summed E-state index contributed by atoms with van der Waals surface area (Å²) < 4.78 is 4.92. The van der Waals surface area contributed by atoms with Gasteiger partial charge in [-0.2, -0.15) is 0 Å². The fourth-order valence-electron chi connectivity index (χ4n) is 5.90. The number of likely N-dealkylation sites (tertiary alicyclic amines) is 1. The third kappa shape index (κ3) is 6.23. The minimum absolute atomic E-state index is 0.0800. The van der Waals surface area contributed by atoms with Crippen molar-refractivity contribution in [3.8, 4) is 0 Å². The first kappa shape index (κ1) is 29.7. The van der Waals surface area contributed by atoms with Crippen LogP contribution >= 0.6 is 0 Å². The molecule has 11 nitrogen and oxygen atoms in total. The van der Waals surface area contributed by atoms with Crippen molar-refractivity contribution >= 4 is 29.7 Å². The largest absolute Gasteiger partial charge is 0.467 e. The number of ether oxygens (including phenoxy) is 1. The van der Waals surface area contributed by atoms with E-state index in [1.165, 1.54) is 7.11 Å². The molecule has 2 saturated heterocycles. The minimum atomic E-state index is -1.01. The number of nitrogens with one attached hydrogen (secondary N) is 4. The number of piperidine rings is 1. The first-order chi connectivity index (χ1) is 17.4. The minimum Gasteiger partial charge on any atom is -0.467 e. The molecule has 0 aromatic rings. The first-order valence-electron chi connectivity index (χ1n) is 13.4. The molecule has 2 heterocycles. The fraction of sp³-hybridized carbons (Fsp3) is 0.815. The van der Waals surface area contributed by atoms with E-state index in [4.69, 9.17) is 4.74 Å². The van der Waals surface area contributed by atoms with Crippen LogP contribution in [0.2, 0.25) is 0 Å². The van der Waals surface area contributed by atoms with E-state index in [-0.39, 0.29) is 35.5 Å². The third-order valence-electron chi connectivity index (χ3n) is 8.12. The number of nitrogens with zero attached hydrogens (tertiary/aromatic N) is 1. The van der Waals surface area contributed by atoms with Gasteiger partial charge in [0.05, 0.1) is 7.11 Å². The highest BCUT2D eigenvalue weighted by Gasteiger charge is 2.70. The molecule has 1 saturated carbocycles. The summed E-state index contributed by atoms with van der Waals surface area (Å²) in [6.07, 6.45) is 0.699. The molecule has 0 radical (unpaired) electrons. The predicted molar refractivity (Wildman–Crippen MR) is 141 cm³/mol. The van der Waals surface area contributed by atoms with E-state index in [1.807, 2.05) is 41.5 Å². The maximum Gasteiger partial charge on any atom is 0.328 e. The summed E-state index contributed by atoms with van der Waals surface area (Å²) in [5.74, 6) is -1.92. The lowest BCUT2D eigenvalue weighted by molar-refractivity contribution is -0.148. The number of carbonyl (C=O) groups is 5. The van der Waals surface area contributed by atoms with Gasteiger partial charge in [0.2, 0.25) is 17.7 Å². The van der Waals surface area contributed by atoms with Crippen LogP contribution in [0.25, 0.3) is 0 Å². The Morgan fingerprint density at radius 3 is 2.24 bits per heavy atom. The highest BCUT2D eigenvalue weighted by atomic mass is 16.5. The van der Waals surface area contributed by atoms with Crippen LogP contribution in [0.4, 0.5) is 4.79 Å². The van der Waals surface area contributed by atoms with Gasteiger partial charge in [0.25, 0.3) is 0 Å². The zero-order valence-corrected chi connectivity index (χ0v) is 24.2. The molecule has 3 aliphatic rings. The second kappa shape index (κ2) is 10.4. The number of rotatable bonds is 7. The molecule has 3 rings (SSSR count). The lowest BCUT2D eigenvalue weighted by Gasteiger charge is -2.38. The Morgan fingerprint density at radius 1 is 1.11 bits per heavy atom. The van der Waals surface area contributed by atoms with Gasteiger partial charge in [0, 0.05) is 24.5 Å². The molecule has 6 atom stereocenters. The number of amides is 5. The lowest BCUT2D eigenvalue weighted by atomic mass is 9.85. The van der Waals surface area contributed by atoms with Crippen LogP contribution in [0.5, 0.6) is 0 Å². The number of esters is 1. The van der Waals surface area contributed by atoms with Gasteiger partial charge in [-0.1, -0.05) is 34.6 Å². The molecule has 4 N–H and O–H groups in total. The first-order valence-corrected chi connectivity index (χ1v) is 13.4. The van der Waals surface area contributed by atoms with Crippen LogP contribution in [0, 0.1) is 28.6 Å². The molecular weight excluding hydrogens is 490 g/mol. The van der Waals surface area contributed by atoms with E-state index in [2.05, 4.69) is 35.1 Å². The summed E-state index contributed by atoms with van der Waals surface area (Å²) in [7, 11) is 1.24. The zero-order chi connectivity index (χ0) is 28.8. The second-order valence-electron chi connectivity index (χ2n) is 13.6. The number of carbonyl (C=O) groups excluding carboxylic acids is 5.